The number of rotatable bonds is 4. The molecule has 0 radical (unpaired) electrons. The third-order valence-electron chi connectivity index (χ3n) is 2.64. The van der Waals surface area contributed by atoms with Crippen LogP contribution in [0.4, 0.5) is 5.82 Å². The molecular formula is C12H18N6O2. The summed E-state index contributed by atoms with van der Waals surface area (Å²) in [6.07, 6.45) is 1.55. The van der Waals surface area contributed by atoms with Crippen molar-refractivity contribution >= 4 is 11.7 Å². The normalized spacial score (nSPS) is 11.6. The summed E-state index contributed by atoms with van der Waals surface area (Å²) in [5.41, 5.74) is 5.42. The molecule has 0 bridgehead atoms. The van der Waals surface area contributed by atoms with Crippen molar-refractivity contribution in [3.63, 3.8) is 0 Å². The van der Waals surface area contributed by atoms with Crippen molar-refractivity contribution in [2.24, 2.45) is 12.8 Å². The maximum absolute atomic E-state index is 11.3. The number of nitrogens with one attached hydrogen (secondary N) is 1. The predicted molar refractivity (Wildman–Crippen MR) is 72.1 cm³/mol. The fourth-order valence-corrected chi connectivity index (χ4v) is 1.59. The van der Waals surface area contributed by atoms with Crippen LogP contribution in [0.5, 0.6) is 0 Å². The molecule has 2 aromatic rings. The van der Waals surface area contributed by atoms with Crippen LogP contribution in [-0.2, 0) is 19.0 Å². The van der Waals surface area contributed by atoms with E-state index in [-0.39, 0.29) is 12.0 Å². The van der Waals surface area contributed by atoms with Gasteiger partial charge in [0.25, 0.3) is 5.91 Å². The van der Waals surface area contributed by atoms with Crippen LogP contribution < -0.4 is 11.1 Å². The van der Waals surface area contributed by atoms with Gasteiger partial charge in [-0.15, -0.1) is 0 Å². The minimum atomic E-state index is -0.540. The van der Waals surface area contributed by atoms with Crippen LogP contribution in [0.15, 0.2) is 10.7 Å². The lowest BCUT2D eigenvalue weighted by Crippen LogP contribution is -2.14. The third-order valence-corrected chi connectivity index (χ3v) is 2.64. The van der Waals surface area contributed by atoms with Crippen LogP contribution >= 0.6 is 0 Å². The molecule has 0 saturated carbocycles. The number of carbonyl (C=O) groups excluding carboxylic acids is 1. The smallest absolute Gasteiger partial charge is 0.254 e. The van der Waals surface area contributed by atoms with Crippen LogP contribution in [0.2, 0.25) is 0 Å². The molecule has 0 unspecified atom stereocenters. The Labute approximate surface area is 116 Å². The molecule has 20 heavy (non-hydrogen) atoms. The van der Waals surface area contributed by atoms with Crippen LogP contribution in [-0.4, -0.2) is 25.8 Å². The Kier molecular flexibility index (Phi) is 3.47. The first-order chi connectivity index (χ1) is 9.27. The molecule has 2 rings (SSSR count). The van der Waals surface area contributed by atoms with E-state index in [2.05, 4.69) is 20.6 Å². The van der Waals surface area contributed by atoms with Gasteiger partial charge in [0.05, 0.1) is 6.54 Å². The van der Waals surface area contributed by atoms with Crippen molar-refractivity contribution in [1.29, 1.82) is 0 Å². The van der Waals surface area contributed by atoms with Gasteiger partial charge >= 0.3 is 0 Å². The summed E-state index contributed by atoms with van der Waals surface area (Å²) < 4.78 is 6.66. The zero-order valence-electron chi connectivity index (χ0n) is 12.0. The molecule has 0 aliphatic heterocycles. The standard InChI is InChI=1S/C12H18N6O2/c1-12(2,3)11-15-8(20-17-11)5-14-10-7(9(13)19)6-18(4)16-10/h6H,5H2,1-4H3,(H2,13,19)(H,14,16). The highest BCUT2D eigenvalue weighted by molar-refractivity contribution is 5.97. The van der Waals surface area contributed by atoms with Gasteiger partial charge in [0.15, 0.2) is 11.6 Å². The monoisotopic (exact) mass is 278 g/mol. The SMILES string of the molecule is Cn1cc(C(N)=O)c(NCc2nc(C(C)(C)C)no2)n1. The lowest BCUT2D eigenvalue weighted by Gasteiger charge is -2.10. The second-order valence-electron chi connectivity index (χ2n) is 5.54. The number of amides is 1. The van der Waals surface area contributed by atoms with Crippen LogP contribution in [0.3, 0.4) is 0 Å². The number of nitrogens with zero attached hydrogens (tertiary/aromatic N) is 4. The van der Waals surface area contributed by atoms with Gasteiger partial charge in [-0.2, -0.15) is 10.1 Å². The second kappa shape index (κ2) is 4.95. The molecular weight excluding hydrogens is 260 g/mol. The molecule has 0 aliphatic rings. The maximum atomic E-state index is 11.3. The minimum Gasteiger partial charge on any atom is -0.365 e. The molecule has 108 valence electrons. The van der Waals surface area contributed by atoms with E-state index in [4.69, 9.17) is 10.3 Å². The van der Waals surface area contributed by atoms with Crippen molar-refractivity contribution in [2.45, 2.75) is 32.7 Å². The largest absolute Gasteiger partial charge is 0.365 e. The molecule has 0 aromatic carbocycles. The van der Waals surface area contributed by atoms with E-state index in [1.54, 1.807) is 13.2 Å². The van der Waals surface area contributed by atoms with Gasteiger partial charge in [0.2, 0.25) is 5.89 Å². The lowest BCUT2D eigenvalue weighted by atomic mass is 9.96. The predicted octanol–water partition coefficient (Wildman–Crippen LogP) is 0.812. The number of hydrogen-bond donors (Lipinski definition) is 2. The van der Waals surface area contributed by atoms with Crippen LogP contribution in [0.25, 0.3) is 0 Å². The van der Waals surface area contributed by atoms with Gasteiger partial charge < -0.3 is 15.6 Å². The molecule has 8 heteroatoms. The number of carbonyl (C=O) groups is 1. The van der Waals surface area contributed by atoms with Crippen molar-refractivity contribution < 1.29 is 9.32 Å². The first-order valence-electron chi connectivity index (χ1n) is 6.18. The maximum Gasteiger partial charge on any atom is 0.254 e. The number of aryl methyl sites for hydroxylation is 1. The minimum absolute atomic E-state index is 0.175. The molecule has 1 amide bonds. The lowest BCUT2D eigenvalue weighted by molar-refractivity contribution is 0.100. The molecule has 2 heterocycles. The quantitative estimate of drug-likeness (QED) is 0.856. The van der Waals surface area contributed by atoms with E-state index in [0.29, 0.717) is 23.1 Å². The van der Waals surface area contributed by atoms with Gasteiger partial charge in [-0.25, -0.2) is 0 Å². The zero-order valence-corrected chi connectivity index (χ0v) is 12.0. The fourth-order valence-electron chi connectivity index (χ4n) is 1.59. The highest BCUT2D eigenvalue weighted by atomic mass is 16.5. The number of aromatic nitrogens is 4. The number of hydrogen-bond acceptors (Lipinski definition) is 6. The second-order valence-corrected chi connectivity index (χ2v) is 5.54. The van der Waals surface area contributed by atoms with Crippen LogP contribution in [0.1, 0.15) is 42.8 Å². The van der Waals surface area contributed by atoms with E-state index in [0.717, 1.165) is 0 Å². The van der Waals surface area contributed by atoms with E-state index >= 15 is 0 Å². The first kappa shape index (κ1) is 14.0. The Morgan fingerprint density at radius 2 is 2.20 bits per heavy atom. The Bertz CT molecular complexity index is 622. The van der Waals surface area contributed by atoms with Gasteiger partial charge in [-0.05, 0) is 0 Å². The topological polar surface area (TPSA) is 112 Å². The summed E-state index contributed by atoms with van der Waals surface area (Å²) >= 11 is 0. The summed E-state index contributed by atoms with van der Waals surface area (Å²) in [6.45, 7) is 6.28. The average Bonchev–Trinajstić information content (AvgIpc) is 2.91. The average molecular weight is 278 g/mol. The Balaban J connectivity index is 2.09. The summed E-state index contributed by atoms with van der Waals surface area (Å²) in [4.78, 5) is 15.5. The van der Waals surface area contributed by atoms with Crippen molar-refractivity contribution in [1.82, 2.24) is 19.9 Å². The van der Waals surface area contributed by atoms with E-state index in [1.165, 1.54) is 4.68 Å². The van der Waals surface area contributed by atoms with E-state index in [9.17, 15) is 4.79 Å². The van der Waals surface area contributed by atoms with Gasteiger partial charge in [-0.3, -0.25) is 9.48 Å². The van der Waals surface area contributed by atoms with Gasteiger partial charge in [-0.1, -0.05) is 25.9 Å². The third kappa shape index (κ3) is 2.95. The Hall–Kier alpha value is -2.38. The molecule has 0 atom stereocenters. The fraction of sp³-hybridized carbons (Fsp3) is 0.500. The summed E-state index contributed by atoms with van der Waals surface area (Å²) in [6, 6.07) is 0. The van der Waals surface area contributed by atoms with Gasteiger partial charge in [0, 0.05) is 18.7 Å². The highest BCUT2D eigenvalue weighted by Crippen LogP contribution is 2.19. The number of nitrogens with two attached hydrogens (primary N) is 1. The molecule has 3 N–H and O–H groups in total. The van der Waals surface area contributed by atoms with Crippen LogP contribution in [0, 0.1) is 0 Å². The van der Waals surface area contributed by atoms with E-state index in [1.807, 2.05) is 20.8 Å². The molecule has 0 fully saturated rings. The first-order valence-corrected chi connectivity index (χ1v) is 6.18. The van der Waals surface area contributed by atoms with Crippen molar-refractivity contribution in [3.8, 4) is 0 Å². The molecule has 0 spiro atoms. The Morgan fingerprint density at radius 3 is 2.75 bits per heavy atom. The molecule has 2 aromatic heterocycles. The van der Waals surface area contributed by atoms with E-state index < -0.39 is 5.91 Å². The Morgan fingerprint density at radius 1 is 1.50 bits per heavy atom. The molecule has 0 saturated heterocycles. The summed E-state index contributed by atoms with van der Waals surface area (Å²) in [5.74, 6) is 0.915. The van der Waals surface area contributed by atoms with Gasteiger partial charge in [0.1, 0.15) is 5.56 Å². The number of anilines is 1. The number of primary amides is 1. The van der Waals surface area contributed by atoms with Crippen molar-refractivity contribution in [3.05, 3.63) is 23.5 Å². The highest BCUT2D eigenvalue weighted by Gasteiger charge is 2.21. The summed E-state index contributed by atoms with van der Waals surface area (Å²) in [5, 5.41) is 11.0. The summed E-state index contributed by atoms with van der Waals surface area (Å²) in [7, 11) is 1.71. The van der Waals surface area contributed by atoms with Crippen molar-refractivity contribution in [2.75, 3.05) is 5.32 Å². The molecule has 0 aliphatic carbocycles. The molecule has 8 nitrogen and oxygen atoms in total. The zero-order chi connectivity index (χ0) is 14.9.